The third-order valence-corrected chi connectivity index (χ3v) is 6.28. The second-order valence-corrected chi connectivity index (χ2v) is 10.3. The predicted octanol–water partition coefficient (Wildman–Crippen LogP) is 3.31. The standard InChI is InChI=1S/C24H31F2N3O4S/c1-5-22(24(31)27-14-17(2)3)28(15-18-9-7-6-8-10-18)23(30)16-29(34(4,32)33)19-11-12-20(25)21(26)13-19/h6-13,17,22H,5,14-16H2,1-4H3,(H,27,31). The molecule has 2 amide bonds. The van der Waals surface area contributed by atoms with E-state index >= 15 is 0 Å². The smallest absolute Gasteiger partial charge is 0.244 e. The second-order valence-electron chi connectivity index (χ2n) is 8.44. The summed E-state index contributed by atoms with van der Waals surface area (Å²) in [6, 6.07) is 10.7. The van der Waals surface area contributed by atoms with Gasteiger partial charge in [0.2, 0.25) is 21.8 Å². The van der Waals surface area contributed by atoms with Gasteiger partial charge in [-0.1, -0.05) is 51.1 Å². The summed E-state index contributed by atoms with van der Waals surface area (Å²) in [5.74, 6) is -3.17. The van der Waals surface area contributed by atoms with Crippen LogP contribution in [0.5, 0.6) is 0 Å². The molecule has 0 radical (unpaired) electrons. The molecule has 2 aromatic carbocycles. The number of amides is 2. The van der Waals surface area contributed by atoms with Crippen molar-refractivity contribution in [3.05, 3.63) is 65.7 Å². The topological polar surface area (TPSA) is 86.8 Å². The van der Waals surface area contributed by atoms with Gasteiger partial charge in [0, 0.05) is 19.2 Å². The zero-order chi connectivity index (χ0) is 25.5. The molecule has 0 saturated heterocycles. The Morgan fingerprint density at radius 2 is 1.68 bits per heavy atom. The van der Waals surface area contributed by atoms with Crippen molar-refractivity contribution < 1.29 is 26.8 Å². The van der Waals surface area contributed by atoms with Crippen LogP contribution in [0, 0.1) is 17.6 Å². The van der Waals surface area contributed by atoms with E-state index in [9.17, 15) is 26.8 Å². The lowest BCUT2D eigenvalue weighted by Gasteiger charge is -2.33. The van der Waals surface area contributed by atoms with Crippen LogP contribution in [0.4, 0.5) is 14.5 Å². The van der Waals surface area contributed by atoms with Gasteiger partial charge in [-0.25, -0.2) is 17.2 Å². The summed E-state index contributed by atoms with van der Waals surface area (Å²) < 4.78 is 52.8. The van der Waals surface area contributed by atoms with Crippen molar-refractivity contribution in [3.8, 4) is 0 Å². The van der Waals surface area contributed by atoms with Crippen molar-refractivity contribution in [3.63, 3.8) is 0 Å². The Hall–Kier alpha value is -3.01. The van der Waals surface area contributed by atoms with E-state index in [1.54, 1.807) is 31.2 Å². The van der Waals surface area contributed by atoms with Crippen molar-refractivity contribution in [1.29, 1.82) is 0 Å². The highest BCUT2D eigenvalue weighted by molar-refractivity contribution is 7.92. The largest absolute Gasteiger partial charge is 0.354 e. The predicted molar refractivity (Wildman–Crippen MR) is 127 cm³/mol. The lowest BCUT2D eigenvalue weighted by Crippen LogP contribution is -2.52. The lowest BCUT2D eigenvalue weighted by atomic mass is 10.1. The molecule has 0 aliphatic heterocycles. The summed E-state index contributed by atoms with van der Waals surface area (Å²) in [5, 5.41) is 2.83. The number of nitrogens with one attached hydrogen (secondary N) is 1. The molecule has 0 heterocycles. The highest BCUT2D eigenvalue weighted by atomic mass is 32.2. The summed E-state index contributed by atoms with van der Waals surface area (Å²) in [7, 11) is -4.03. The second kappa shape index (κ2) is 11.9. The van der Waals surface area contributed by atoms with Crippen LogP contribution >= 0.6 is 0 Å². The van der Waals surface area contributed by atoms with Crippen molar-refractivity contribution in [2.45, 2.75) is 39.8 Å². The van der Waals surface area contributed by atoms with Gasteiger partial charge in [-0.3, -0.25) is 13.9 Å². The molecule has 186 valence electrons. The normalized spacial score (nSPS) is 12.3. The molecule has 7 nitrogen and oxygen atoms in total. The quantitative estimate of drug-likeness (QED) is 0.518. The Balaban J connectivity index is 2.41. The van der Waals surface area contributed by atoms with Crippen LogP contribution in [-0.4, -0.2) is 50.5 Å². The first-order valence-corrected chi connectivity index (χ1v) is 12.8. The van der Waals surface area contributed by atoms with E-state index in [0.717, 1.165) is 30.0 Å². The number of carbonyl (C=O) groups excluding carboxylic acids is 2. The summed E-state index contributed by atoms with van der Waals surface area (Å²) in [6.07, 6.45) is 1.17. The highest BCUT2D eigenvalue weighted by Crippen LogP contribution is 2.22. The molecule has 0 aliphatic rings. The van der Waals surface area contributed by atoms with Gasteiger partial charge >= 0.3 is 0 Å². The van der Waals surface area contributed by atoms with Gasteiger partial charge in [-0.15, -0.1) is 0 Å². The molecule has 10 heteroatoms. The molecule has 0 bridgehead atoms. The van der Waals surface area contributed by atoms with Crippen molar-refractivity contribution in [2.24, 2.45) is 5.92 Å². The molecule has 1 N–H and O–H groups in total. The summed E-state index contributed by atoms with van der Waals surface area (Å²) in [4.78, 5) is 27.7. The van der Waals surface area contributed by atoms with E-state index in [1.807, 2.05) is 19.9 Å². The fraction of sp³-hybridized carbons (Fsp3) is 0.417. The first kappa shape index (κ1) is 27.2. The minimum absolute atomic E-state index is 0.0721. The van der Waals surface area contributed by atoms with Gasteiger partial charge in [0.25, 0.3) is 0 Å². The molecule has 34 heavy (non-hydrogen) atoms. The van der Waals surface area contributed by atoms with Gasteiger partial charge in [-0.05, 0) is 30.0 Å². The van der Waals surface area contributed by atoms with Crippen molar-refractivity contribution in [1.82, 2.24) is 10.2 Å². The Kier molecular flexibility index (Phi) is 9.55. The minimum atomic E-state index is -4.03. The fourth-order valence-corrected chi connectivity index (χ4v) is 4.22. The van der Waals surface area contributed by atoms with Gasteiger partial charge in [-0.2, -0.15) is 0 Å². The molecule has 2 rings (SSSR count). The number of hydrogen-bond donors (Lipinski definition) is 1. The van der Waals surface area contributed by atoms with Gasteiger partial charge in [0.15, 0.2) is 11.6 Å². The molecular weight excluding hydrogens is 464 g/mol. The van der Waals surface area contributed by atoms with E-state index in [2.05, 4.69) is 5.32 Å². The maximum Gasteiger partial charge on any atom is 0.244 e. The molecule has 0 fully saturated rings. The molecule has 0 spiro atoms. The Morgan fingerprint density at radius 1 is 1.03 bits per heavy atom. The van der Waals surface area contributed by atoms with Crippen LogP contribution in [-0.2, 0) is 26.2 Å². The molecule has 1 atom stereocenters. The molecule has 1 unspecified atom stereocenters. The van der Waals surface area contributed by atoms with Gasteiger partial charge in [0.1, 0.15) is 12.6 Å². The summed E-state index contributed by atoms with van der Waals surface area (Å²) >= 11 is 0. The summed E-state index contributed by atoms with van der Waals surface area (Å²) in [5.41, 5.74) is 0.566. The monoisotopic (exact) mass is 495 g/mol. The average molecular weight is 496 g/mol. The van der Waals surface area contributed by atoms with Crippen LogP contribution < -0.4 is 9.62 Å². The third-order valence-electron chi connectivity index (χ3n) is 5.14. The number of halogens is 2. The third kappa shape index (κ3) is 7.51. The lowest BCUT2D eigenvalue weighted by molar-refractivity contribution is -0.140. The van der Waals surface area contributed by atoms with E-state index in [4.69, 9.17) is 0 Å². The first-order valence-electron chi connectivity index (χ1n) is 11.0. The Labute approximate surface area is 199 Å². The van der Waals surface area contributed by atoms with Crippen LogP contribution in [0.3, 0.4) is 0 Å². The van der Waals surface area contributed by atoms with Gasteiger partial charge in [0.05, 0.1) is 11.9 Å². The maximum absolute atomic E-state index is 13.8. The molecule has 0 saturated carbocycles. The van der Waals surface area contributed by atoms with Crippen molar-refractivity contribution >= 4 is 27.5 Å². The molecular formula is C24H31F2N3O4S. The van der Waals surface area contributed by atoms with Crippen molar-refractivity contribution in [2.75, 3.05) is 23.7 Å². The van der Waals surface area contributed by atoms with Crippen LogP contribution in [0.2, 0.25) is 0 Å². The van der Waals surface area contributed by atoms with Crippen LogP contribution in [0.25, 0.3) is 0 Å². The number of hydrogen-bond acceptors (Lipinski definition) is 4. The molecule has 2 aromatic rings. The first-order chi connectivity index (χ1) is 15.9. The number of carbonyl (C=O) groups is 2. The zero-order valence-electron chi connectivity index (χ0n) is 19.8. The number of anilines is 1. The number of sulfonamides is 1. The maximum atomic E-state index is 13.8. The van der Waals surface area contributed by atoms with Crippen LogP contribution in [0.1, 0.15) is 32.8 Å². The Bertz CT molecular complexity index is 1090. The average Bonchev–Trinajstić information content (AvgIpc) is 2.77. The summed E-state index contributed by atoms with van der Waals surface area (Å²) in [6.45, 7) is 5.47. The fourth-order valence-electron chi connectivity index (χ4n) is 3.38. The molecule has 0 aliphatic carbocycles. The number of nitrogens with zero attached hydrogens (tertiary/aromatic N) is 2. The Morgan fingerprint density at radius 3 is 2.21 bits per heavy atom. The van der Waals surface area contributed by atoms with Crippen LogP contribution in [0.15, 0.2) is 48.5 Å². The van der Waals surface area contributed by atoms with E-state index in [1.165, 1.54) is 4.90 Å². The SMILES string of the molecule is CCC(C(=O)NCC(C)C)N(Cc1ccccc1)C(=O)CN(c1ccc(F)c(F)c1)S(C)(=O)=O. The van der Waals surface area contributed by atoms with E-state index in [-0.39, 0.29) is 24.1 Å². The minimum Gasteiger partial charge on any atom is -0.354 e. The highest BCUT2D eigenvalue weighted by Gasteiger charge is 2.32. The molecule has 0 aromatic heterocycles. The number of benzene rings is 2. The van der Waals surface area contributed by atoms with Gasteiger partial charge < -0.3 is 10.2 Å². The zero-order valence-corrected chi connectivity index (χ0v) is 20.6. The van der Waals surface area contributed by atoms with E-state index < -0.39 is 40.2 Å². The van der Waals surface area contributed by atoms with E-state index in [0.29, 0.717) is 17.3 Å². The number of rotatable bonds is 11.